The number of rotatable bonds is 30. The van der Waals surface area contributed by atoms with Crippen molar-refractivity contribution < 1.29 is 28.3 Å². The summed E-state index contributed by atoms with van der Waals surface area (Å²) in [5.41, 5.74) is 5.20. The smallest absolute Gasteiger partial charge is 0.388 e. The maximum Gasteiger partial charge on any atom is 0.472 e. The van der Waals surface area contributed by atoms with Crippen molar-refractivity contribution in [2.45, 2.75) is 148 Å². The quantitative estimate of drug-likeness (QED) is 0.0637. The Labute approximate surface area is 222 Å². The molecule has 0 aliphatic heterocycles. The molecule has 0 bridgehead atoms. The van der Waals surface area contributed by atoms with Gasteiger partial charge in [0.2, 0.25) is 0 Å². The van der Waals surface area contributed by atoms with Crippen molar-refractivity contribution in [1.82, 2.24) is 0 Å². The van der Waals surface area contributed by atoms with Crippen LogP contribution in [0.2, 0.25) is 0 Å². The van der Waals surface area contributed by atoms with Gasteiger partial charge in [0, 0.05) is 13.2 Å². The van der Waals surface area contributed by atoms with Crippen molar-refractivity contribution in [2.24, 2.45) is 5.73 Å². The third kappa shape index (κ3) is 28.6. The minimum Gasteiger partial charge on any atom is -0.388 e. The van der Waals surface area contributed by atoms with E-state index in [1.807, 2.05) is 0 Å². The van der Waals surface area contributed by atoms with Crippen molar-refractivity contribution in [3.8, 4) is 0 Å². The number of unbranched alkanes of at least 4 members (excludes halogenated alkanes) is 20. The van der Waals surface area contributed by atoms with Gasteiger partial charge in [0.05, 0.1) is 19.8 Å². The highest BCUT2D eigenvalue weighted by Gasteiger charge is 2.22. The minimum atomic E-state index is -4.14. The Hall–Kier alpha value is -0.0100. The second kappa shape index (κ2) is 28.0. The van der Waals surface area contributed by atoms with Crippen molar-refractivity contribution in [3.63, 3.8) is 0 Å². The average Bonchev–Trinajstić information content (AvgIpc) is 2.87. The number of phosphoric acid groups is 1. The number of hydrogen-bond donors (Lipinski definition) is 3. The molecular weight excluding hydrogens is 477 g/mol. The second-order valence-electron chi connectivity index (χ2n) is 10.2. The van der Waals surface area contributed by atoms with Gasteiger partial charge in [-0.05, 0) is 6.42 Å². The van der Waals surface area contributed by atoms with Gasteiger partial charge in [0.15, 0.2) is 0 Å². The molecule has 0 saturated heterocycles. The fraction of sp³-hybridized carbons (Fsp3) is 1.00. The lowest BCUT2D eigenvalue weighted by Crippen LogP contribution is -2.22. The summed E-state index contributed by atoms with van der Waals surface area (Å²) in [4.78, 5) is 9.35. The van der Waals surface area contributed by atoms with Crippen LogP contribution >= 0.6 is 7.82 Å². The molecular formula is C28H60NO6P. The van der Waals surface area contributed by atoms with Gasteiger partial charge in [-0.3, -0.25) is 9.05 Å². The summed E-state index contributed by atoms with van der Waals surface area (Å²) in [6, 6.07) is 0. The summed E-state index contributed by atoms with van der Waals surface area (Å²) in [6.07, 6.45) is 27.6. The molecule has 0 fully saturated rings. The molecule has 0 aromatic carbocycles. The van der Waals surface area contributed by atoms with E-state index in [-0.39, 0.29) is 26.4 Å². The molecule has 0 spiro atoms. The number of aliphatic hydroxyl groups excluding tert-OH is 1. The highest BCUT2D eigenvalue weighted by atomic mass is 31.2. The normalized spacial score (nSPS) is 14.2. The van der Waals surface area contributed by atoms with Crippen LogP contribution in [0.1, 0.15) is 142 Å². The summed E-state index contributed by atoms with van der Waals surface area (Å²) < 4.78 is 26.2. The van der Waals surface area contributed by atoms with Gasteiger partial charge in [-0.15, -0.1) is 0 Å². The highest BCUT2D eigenvalue weighted by Crippen LogP contribution is 2.42. The standard InChI is InChI=1S/C28H60NO6P/c1-2-3-4-5-6-7-8-9-10-11-12-13-14-15-16-17-18-19-20-21-22-24-33-26-28(30)27-35-36(31,32)34-25-23-29/h28,30H,2-27,29H2,1H3,(H,31,32). The van der Waals surface area contributed by atoms with E-state index >= 15 is 0 Å². The number of hydrogen-bond acceptors (Lipinski definition) is 6. The molecule has 2 unspecified atom stereocenters. The molecule has 36 heavy (non-hydrogen) atoms. The fourth-order valence-electron chi connectivity index (χ4n) is 4.29. The topological polar surface area (TPSA) is 111 Å². The van der Waals surface area contributed by atoms with Gasteiger partial charge >= 0.3 is 7.82 Å². The summed E-state index contributed by atoms with van der Waals surface area (Å²) in [5.74, 6) is 0. The van der Waals surface area contributed by atoms with Crippen LogP contribution in [0.15, 0.2) is 0 Å². The zero-order valence-electron chi connectivity index (χ0n) is 23.5. The third-order valence-corrected chi connectivity index (χ3v) is 7.49. The Morgan fingerprint density at radius 2 is 1.00 bits per heavy atom. The predicted octanol–water partition coefficient (Wildman–Crippen LogP) is 7.67. The fourth-order valence-corrected chi connectivity index (χ4v) is 5.06. The largest absolute Gasteiger partial charge is 0.472 e. The molecule has 0 aliphatic carbocycles. The van der Waals surface area contributed by atoms with Crippen LogP contribution in [0.5, 0.6) is 0 Å². The summed E-state index contributed by atoms with van der Waals surface area (Å²) in [7, 11) is -4.14. The molecule has 0 amide bonds. The molecule has 0 radical (unpaired) electrons. The Morgan fingerprint density at radius 3 is 1.39 bits per heavy atom. The Morgan fingerprint density at radius 1 is 0.611 bits per heavy atom. The summed E-state index contributed by atoms with van der Waals surface area (Å²) in [6.45, 7) is 2.69. The van der Waals surface area contributed by atoms with Crippen molar-refractivity contribution in [1.29, 1.82) is 0 Å². The first-order valence-electron chi connectivity index (χ1n) is 15.1. The first-order valence-corrected chi connectivity index (χ1v) is 16.6. The molecule has 0 saturated carbocycles. The third-order valence-electron chi connectivity index (χ3n) is 6.50. The van der Waals surface area contributed by atoms with Crippen LogP contribution in [-0.2, 0) is 18.3 Å². The zero-order chi connectivity index (χ0) is 26.6. The lowest BCUT2D eigenvalue weighted by Gasteiger charge is -2.15. The zero-order valence-corrected chi connectivity index (χ0v) is 24.4. The predicted molar refractivity (Wildman–Crippen MR) is 150 cm³/mol. The number of phosphoric ester groups is 1. The van der Waals surface area contributed by atoms with E-state index < -0.39 is 13.9 Å². The number of nitrogens with two attached hydrogens (primary N) is 1. The second-order valence-corrected chi connectivity index (χ2v) is 11.6. The molecule has 7 nitrogen and oxygen atoms in total. The van der Waals surface area contributed by atoms with Gasteiger partial charge < -0.3 is 20.5 Å². The maximum absolute atomic E-state index is 11.5. The van der Waals surface area contributed by atoms with E-state index in [4.69, 9.17) is 15.0 Å². The Bertz CT molecular complexity index is 483. The van der Waals surface area contributed by atoms with Gasteiger partial charge in [0.1, 0.15) is 6.10 Å². The van der Waals surface area contributed by atoms with E-state index in [0.29, 0.717) is 6.61 Å². The number of aliphatic hydroxyl groups is 1. The van der Waals surface area contributed by atoms with Crippen molar-refractivity contribution in [2.75, 3.05) is 33.0 Å². The Balaban J connectivity index is 3.20. The van der Waals surface area contributed by atoms with Gasteiger partial charge in [-0.25, -0.2) is 4.57 Å². The Kier molecular flexibility index (Phi) is 28.0. The molecule has 2 atom stereocenters. The average molecular weight is 538 g/mol. The van der Waals surface area contributed by atoms with E-state index in [2.05, 4.69) is 11.4 Å². The van der Waals surface area contributed by atoms with Crippen LogP contribution in [0.25, 0.3) is 0 Å². The monoisotopic (exact) mass is 537 g/mol. The van der Waals surface area contributed by atoms with Gasteiger partial charge in [-0.1, -0.05) is 135 Å². The van der Waals surface area contributed by atoms with Crippen molar-refractivity contribution in [3.05, 3.63) is 0 Å². The van der Waals surface area contributed by atoms with Crippen LogP contribution in [0.4, 0.5) is 0 Å². The molecule has 0 rings (SSSR count). The number of ether oxygens (including phenoxy) is 1. The van der Waals surface area contributed by atoms with Gasteiger partial charge in [0.25, 0.3) is 0 Å². The summed E-state index contributed by atoms with van der Waals surface area (Å²) in [5, 5.41) is 9.75. The molecule has 0 aliphatic rings. The van der Waals surface area contributed by atoms with Gasteiger partial charge in [-0.2, -0.15) is 0 Å². The lowest BCUT2D eigenvalue weighted by molar-refractivity contribution is 0.00230. The van der Waals surface area contributed by atoms with E-state index in [1.165, 1.54) is 122 Å². The highest BCUT2D eigenvalue weighted by molar-refractivity contribution is 7.47. The molecule has 218 valence electrons. The minimum absolute atomic E-state index is 0.0696. The molecule has 0 aromatic rings. The molecule has 4 N–H and O–H groups in total. The SMILES string of the molecule is CCCCCCCCCCCCCCCCCCCCCCCOCC(O)COP(=O)(O)OCCN. The van der Waals surface area contributed by atoms with E-state index in [9.17, 15) is 14.6 Å². The molecule has 8 heteroatoms. The van der Waals surface area contributed by atoms with E-state index in [0.717, 1.165) is 12.8 Å². The van der Waals surface area contributed by atoms with Crippen LogP contribution in [0.3, 0.4) is 0 Å². The maximum atomic E-state index is 11.5. The molecule has 0 aromatic heterocycles. The molecule has 0 heterocycles. The van der Waals surface area contributed by atoms with E-state index in [1.54, 1.807) is 0 Å². The van der Waals surface area contributed by atoms with Crippen LogP contribution < -0.4 is 5.73 Å². The van der Waals surface area contributed by atoms with Crippen LogP contribution in [-0.4, -0.2) is 49.1 Å². The lowest BCUT2D eigenvalue weighted by atomic mass is 10.0. The first-order chi connectivity index (χ1) is 17.5. The summed E-state index contributed by atoms with van der Waals surface area (Å²) >= 11 is 0. The first kappa shape index (κ1) is 36.0. The van der Waals surface area contributed by atoms with Crippen molar-refractivity contribution >= 4 is 7.82 Å². The van der Waals surface area contributed by atoms with Crippen LogP contribution in [0, 0.1) is 0 Å².